The van der Waals surface area contributed by atoms with Crippen LogP contribution in [0.2, 0.25) is 0 Å². The summed E-state index contributed by atoms with van der Waals surface area (Å²) in [6.07, 6.45) is 7.88. The van der Waals surface area contributed by atoms with Crippen LogP contribution in [0.25, 0.3) is 0 Å². The van der Waals surface area contributed by atoms with E-state index in [0.29, 0.717) is 5.92 Å². The highest BCUT2D eigenvalue weighted by atomic mass is 15.3. The zero-order chi connectivity index (χ0) is 17.2. The Morgan fingerprint density at radius 3 is 2.60 bits per heavy atom. The van der Waals surface area contributed by atoms with E-state index in [1.54, 1.807) is 0 Å². The quantitative estimate of drug-likeness (QED) is 0.675. The summed E-state index contributed by atoms with van der Waals surface area (Å²) in [6.45, 7) is 9.51. The van der Waals surface area contributed by atoms with E-state index in [-0.39, 0.29) is 0 Å². The Bertz CT molecular complexity index is 607. The van der Waals surface area contributed by atoms with E-state index in [1.165, 1.54) is 45.2 Å². The highest BCUT2D eigenvalue weighted by molar-refractivity contribution is 5.80. The van der Waals surface area contributed by atoms with Gasteiger partial charge in [-0.1, -0.05) is 12.8 Å². The summed E-state index contributed by atoms with van der Waals surface area (Å²) in [5, 5.41) is 12.0. The van der Waals surface area contributed by atoms with Gasteiger partial charge in [0.1, 0.15) is 11.6 Å². The van der Waals surface area contributed by atoms with E-state index in [0.717, 1.165) is 55.5 Å². The Kier molecular flexibility index (Phi) is 4.95. The largest absolute Gasteiger partial charge is 0.357 e. The van der Waals surface area contributed by atoms with E-state index in [1.807, 2.05) is 0 Å². The number of guanidine groups is 1. The summed E-state index contributed by atoms with van der Waals surface area (Å²) in [4.78, 5) is 7.57. The Morgan fingerprint density at radius 1 is 1.12 bits per heavy atom. The summed E-state index contributed by atoms with van der Waals surface area (Å²) in [6, 6.07) is 0. The van der Waals surface area contributed by atoms with Crippen molar-refractivity contribution in [3.63, 3.8) is 0 Å². The molecule has 2 aliphatic heterocycles. The van der Waals surface area contributed by atoms with Crippen molar-refractivity contribution in [3.05, 3.63) is 11.6 Å². The number of fused-ring (bicyclic) bond motifs is 2. The predicted molar refractivity (Wildman–Crippen MR) is 99.6 cm³/mol. The maximum absolute atomic E-state index is 5.04. The van der Waals surface area contributed by atoms with Gasteiger partial charge >= 0.3 is 0 Å². The number of hydrogen-bond donors (Lipinski definition) is 1. The van der Waals surface area contributed by atoms with Crippen molar-refractivity contribution in [1.29, 1.82) is 0 Å². The lowest BCUT2D eigenvalue weighted by molar-refractivity contribution is 0.299. The Labute approximate surface area is 151 Å². The first-order chi connectivity index (χ1) is 12.2. The van der Waals surface area contributed by atoms with Crippen LogP contribution < -0.4 is 5.32 Å². The highest BCUT2D eigenvalue weighted by Crippen LogP contribution is 2.36. The third-order valence-electron chi connectivity index (χ3n) is 6.34. The fraction of sp³-hybridized carbons (Fsp3) is 0.842. The number of nitrogens with zero attached hydrogens (tertiary/aromatic N) is 5. The monoisotopic (exact) mass is 344 g/mol. The van der Waals surface area contributed by atoms with Crippen molar-refractivity contribution in [2.45, 2.75) is 58.9 Å². The maximum Gasteiger partial charge on any atom is 0.193 e. The third-order valence-corrected chi connectivity index (χ3v) is 6.34. The predicted octanol–water partition coefficient (Wildman–Crippen LogP) is 2.24. The molecule has 0 bridgehead atoms. The molecule has 1 saturated carbocycles. The van der Waals surface area contributed by atoms with Gasteiger partial charge in [-0.25, -0.2) is 0 Å². The zero-order valence-corrected chi connectivity index (χ0v) is 15.7. The summed E-state index contributed by atoms with van der Waals surface area (Å²) >= 11 is 0. The molecule has 0 radical (unpaired) electrons. The van der Waals surface area contributed by atoms with Gasteiger partial charge in [-0.3, -0.25) is 4.99 Å². The van der Waals surface area contributed by atoms with Gasteiger partial charge in [0.15, 0.2) is 5.96 Å². The van der Waals surface area contributed by atoms with Gasteiger partial charge in [-0.05, 0) is 50.9 Å². The molecule has 2 fully saturated rings. The average Bonchev–Trinajstić information content (AvgIpc) is 3.22. The fourth-order valence-corrected chi connectivity index (χ4v) is 4.90. The molecule has 25 heavy (non-hydrogen) atoms. The summed E-state index contributed by atoms with van der Waals surface area (Å²) in [5.41, 5.74) is 0. The first-order valence-electron chi connectivity index (χ1n) is 10.2. The first-order valence-corrected chi connectivity index (χ1v) is 10.2. The van der Waals surface area contributed by atoms with Crippen LogP contribution in [0.5, 0.6) is 0 Å². The molecule has 3 atom stereocenters. The first kappa shape index (κ1) is 16.9. The SMILES string of the molecule is CCNC(=NCC1CCc2nnc(C)n2C1)N1CC2CCCCC2C1. The second-order valence-corrected chi connectivity index (χ2v) is 8.08. The molecule has 138 valence electrons. The van der Waals surface area contributed by atoms with Crippen LogP contribution in [0, 0.1) is 24.7 Å². The van der Waals surface area contributed by atoms with E-state index < -0.39 is 0 Å². The molecule has 0 amide bonds. The molecule has 0 aromatic carbocycles. The maximum atomic E-state index is 5.04. The standard InChI is InChI=1S/C19H32N6/c1-3-20-19(24-12-16-6-4-5-7-17(16)13-24)21-10-15-8-9-18-23-22-14(2)25(18)11-15/h15-17H,3-13H2,1-2H3,(H,20,21). The fourth-order valence-electron chi connectivity index (χ4n) is 4.90. The Morgan fingerprint density at radius 2 is 1.88 bits per heavy atom. The lowest BCUT2D eigenvalue weighted by Gasteiger charge is -2.25. The molecule has 6 heteroatoms. The van der Waals surface area contributed by atoms with Gasteiger partial charge in [0, 0.05) is 39.1 Å². The van der Waals surface area contributed by atoms with Gasteiger partial charge in [0.05, 0.1) is 0 Å². The molecule has 3 aliphatic rings. The van der Waals surface area contributed by atoms with E-state index in [9.17, 15) is 0 Å². The van der Waals surface area contributed by atoms with Crippen molar-refractivity contribution in [2.24, 2.45) is 22.7 Å². The van der Waals surface area contributed by atoms with Crippen molar-refractivity contribution in [2.75, 3.05) is 26.2 Å². The molecular weight excluding hydrogens is 312 g/mol. The van der Waals surface area contributed by atoms with Gasteiger partial charge in [0.25, 0.3) is 0 Å². The van der Waals surface area contributed by atoms with E-state index in [2.05, 4.69) is 38.8 Å². The molecule has 6 nitrogen and oxygen atoms in total. The van der Waals surface area contributed by atoms with Gasteiger partial charge in [-0.15, -0.1) is 10.2 Å². The second-order valence-electron chi connectivity index (χ2n) is 8.08. The lowest BCUT2D eigenvalue weighted by atomic mass is 9.82. The lowest BCUT2D eigenvalue weighted by Crippen LogP contribution is -2.40. The summed E-state index contributed by atoms with van der Waals surface area (Å²) in [5.74, 6) is 5.72. The zero-order valence-electron chi connectivity index (χ0n) is 15.7. The van der Waals surface area contributed by atoms with Crippen LogP contribution >= 0.6 is 0 Å². The van der Waals surface area contributed by atoms with E-state index in [4.69, 9.17) is 4.99 Å². The molecule has 4 rings (SSSR count). The number of rotatable bonds is 3. The number of likely N-dealkylation sites (tertiary alicyclic amines) is 1. The number of aliphatic imine (C=N–C) groups is 1. The molecule has 0 spiro atoms. The smallest absolute Gasteiger partial charge is 0.193 e. The van der Waals surface area contributed by atoms with E-state index >= 15 is 0 Å². The highest BCUT2D eigenvalue weighted by Gasteiger charge is 2.35. The number of nitrogens with one attached hydrogen (secondary N) is 1. The van der Waals surface area contributed by atoms with Crippen LogP contribution in [0.4, 0.5) is 0 Å². The van der Waals surface area contributed by atoms with Crippen LogP contribution in [-0.4, -0.2) is 51.8 Å². The topological polar surface area (TPSA) is 58.3 Å². The van der Waals surface area contributed by atoms with Gasteiger partial charge in [-0.2, -0.15) is 0 Å². The van der Waals surface area contributed by atoms with Crippen LogP contribution in [0.15, 0.2) is 4.99 Å². The minimum absolute atomic E-state index is 0.598. The molecule has 3 unspecified atom stereocenters. The van der Waals surface area contributed by atoms with Crippen molar-refractivity contribution < 1.29 is 0 Å². The summed E-state index contributed by atoms with van der Waals surface area (Å²) in [7, 11) is 0. The molecule has 1 aromatic rings. The van der Waals surface area contributed by atoms with Crippen molar-refractivity contribution in [1.82, 2.24) is 25.0 Å². The minimum Gasteiger partial charge on any atom is -0.357 e. The summed E-state index contributed by atoms with van der Waals surface area (Å²) < 4.78 is 2.28. The second kappa shape index (κ2) is 7.34. The number of aromatic nitrogens is 3. The molecule has 3 heterocycles. The molecule has 1 aromatic heterocycles. The van der Waals surface area contributed by atoms with Gasteiger partial charge < -0.3 is 14.8 Å². The third kappa shape index (κ3) is 3.53. The van der Waals surface area contributed by atoms with Crippen molar-refractivity contribution >= 4 is 5.96 Å². The molecular formula is C19H32N6. The van der Waals surface area contributed by atoms with Crippen LogP contribution in [0.1, 0.15) is 50.7 Å². The Balaban J connectivity index is 1.40. The minimum atomic E-state index is 0.598. The molecule has 1 N–H and O–H groups in total. The number of hydrogen-bond acceptors (Lipinski definition) is 3. The Hall–Kier alpha value is -1.59. The van der Waals surface area contributed by atoms with Gasteiger partial charge in [0.2, 0.25) is 0 Å². The van der Waals surface area contributed by atoms with Crippen LogP contribution in [0.3, 0.4) is 0 Å². The normalized spacial score (nSPS) is 29.4. The molecule has 1 aliphatic carbocycles. The van der Waals surface area contributed by atoms with Crippen molar-refractivity contribution in [3.8, 4) is 0 Å². The number of aryl methyl sites for hydroxylation is 2. The van der Waals surface area contributed by atoms with Crippen LogP contribution in [-0.2, 0) is 13.0 Å². The average molecular weight is 345 g/mol. The molecule has 1 saturated heterocycles.